The number of piperidine rings is 1. The molecule has 2 amide bonds. The smallest absolute Gasteiger partial charge is 0.417 e. The van der Waals surface area contributed by atoms with Crippen molar-refractivity contribution in [3.63, 3.8) is 0 Å². The Labute approximate surface area is 184 Å². The summed E-state index contributed by atoms with van der Waals surface area (Å²) in [6.07, 6.45) is -3.85. The van der Waals surface area contributed by atoms with Crippen LogP contribution in [0.3, 0.4) is 0 Å². The van der Waals surface area contributed by atoms with Crippen molar-refractivity contribution in [1.29, 1.82) is 0 Å². The second-order valence-corrected chi connectivity index (χ2v) is 8.25. The topological polar surface area (TPSA) is 75.7 Å². The number of halogens is 4. The van der Waals surface area contributed by atoms with Crippen LogP contribution in [0.1, 0.15) is 28.1 Å². The molecular weight excluding hydrogens is 457 g/mol. The van der Waals surface area contributed by atoms with Crippen molar-refractivity contribution in [1.82, 2.24) is 4.90 Å². The van der Waals surface area contributed by atoms with Gasteiger partial charge < -0.3 is 15.0 Å². The third-order valence-corrected chi connectivity index (χ3v) is 5.94. The lowest BCUT2D eigenvalue weighted by molar-refractivity contribution is -0.152. The van der Waals surface area contributed by atoms with E-state index in [1.54, 1.807) is 17.0 Å². The summed E-state index contributed by atoms with van der Waals surface area (Å²) in [5, 5.41) is 3.58. The molecule has 3 rings (SSSR count). The number of nitrogens with one attached hydrogen (secondary N) is 1. The average Bonchev–Trinajstić information content (AvgIpc) is 3.27. The first kappa shape index (κ1) is 23.1. The van der Waals surface area contributed by atoms with Gasteiger partial charge in [0.2, 0.25) is 0 Å². The summed E-state index contributed by atoms with van der Waals surface area (Å²) >= 11 is 6.89. The molecule has 0 atom stereocenters. The molecule has 1 N–H and O–H groups in total. The molecule has 0 radical (unpaired) electrons. The van der Waals surface area contributed by atoms with Crippen LogP contribution in [0.15, 0.2) is 35.7 Å². The van der Waals surface area contributed by atoms with Crippen LogP contribution in [-0.4, -0.2) is 42.4 Å². The molecule has 1 aromatic heterocycles. The predicted molar refractivity (Wildman–Crippen MR) is 109 cm³/mol. The molecule has 0 unspecified atom stereocenters. The van der Waals surface area contributed by atoms with Gasteiger partial charge in [0.25, 0.3) is 11.8 Å². The Balaban J connectivity index is 1.46. The molecule has 1 fully saturated rings. The van der Waals surface area contributed by atoms with E-state index in [-0.39, 0.29) is 11.6 Å². The molecule has 166 valence electrons. The van der Waals surface area contributed by atoms with Gasteiger partial charge in [0.1, 0.15) is 0 Å². The van der Waals surface area contributed by atoms with Gasteiger partial charge in [-0.3, -0.25) is 14.4 Å². The molecular formula is C20H18ClF3N2O4S. The van der Waals surface area contributed by atoms with Gasteiger partial charge in [0.15, 0.2) is 6.61 Å². The molecule has 2 aromatic rings. The Morgan fingerprint density at radius 3 is 2.52 bits per heavy atom. The van der Waals surface area contributed by atoms with E-state index >= 15 is 0 Å². The second kappa shape index (κ2) is 9.69. The summed E-state index contributed by atoms with van der Waals surface area (Å²) in [7, 11) is 0. The van der Waals surface area contributed by atoms with Crippen LogP contribution in [0.2, 0.25) is 5.02 Å². The SMILES string of the molecule is O=C(COC(=O)C1CCN(C(=O)c2cccs2)CC1)Nc1ccc(Cl)c(C(F)(F)F)c1. The van der Waals surface area contributed by atoms with Crippen LogP contribution in [-0.2, 0) is 20.5 Å². The van der Waals surface area contributed by atoms with Crippen molar-refractivity contribution in [2.45, 2.75) is 19.0 Å². The highest BCUT2D eigenvalue weighted by molar-refractivity contribution is 7.12. The second-order valence-electron chi connectivity index (χ2n) is 6.89. The Morgan fingerprint density at radius 2 is 1.90 bits per heavy atom. The molecule has 6 nitrogen and oxygen atoms in total. The summed E-state index contributed by atoms with van der Waals surface area (Å²) in [5.41, 5.74) is -1.19. The standard InChI is InChI=1S/C20H18ClF3N2O4S/c21-15-4-3-13(10-14(15)20(22,23)24)25-17(27)11-30-19(29)12-5-7-26(8-6-12)18(28)16-2-1-9-31-16/h1-4,9-10,12H,5-8,11H2,(H,25,27). The van der Waals surface area contributed by atoms with E-state index in [1.807, 2.05) is 5.38 Å². The number of rotatable bonds is 5. The van der Waals surface area contributed by atoms with Gasteiger partial charge >= 0.3 is 12.1 Å². The molecule has 0 spiro atoms. The summed E-state index contributed by atoms with van der Waals surface area (Å²) in [4.78, 5) is 38.8. The number of thiophene rings is 1. The summed E-state index contributed by atoms with van der Waals surface area (Å²) < 4.78 is 43.7. The number of carbonyl (C=O) groups is 3. The summed E-state index contributed by atoms with van der Waals surface area (Å²) in [6, 6.07) is 6.49. The third-order valence-electron chi connectivity index (χ3n) is 4.75. The van der Waals surface area contributed by atoms with Crippen LogP contribution in [0, 0.1) is 5.92 Å². The number of anilines is 1. The minimum Gasteiger partial charge on any atom is -0.455 e. The van der Waals surface area contributed by atoms with Crippen LogP contribution in [0.25, 0.3) is 0 Å². The van der Waals surface area contributed by atoms with Gasteiger partial charge in [0, 0.05) is 18.8 Å². The lowest BCUT2D eigenvalue weighted by Gasteiger charge is -2.30. The Kier molecular flexibility index (Phi) is 7.22. The number of ether oxygens (including phenoxy) is 1. The number of hydrogen-bond acceptors (Lipinski definition) is 5. The third kappa shape index (κ3) is 5.98. The maximum absolute atomic E-state index is 12.9. The fraction of sp³-hybridized carbons (Fsp3) is 0.350. The van der Waals surface area contributed by atoms with Crippen molar-refractivity contribution < 1.29 is 32.3 Å². The van der Waals surface area contributed by atoms with E-state index in [1.165, 1.54) is 17.4 Å². The minimum atomic E-state index is -4.66. The first-order chi connectivity index (χ1) is 14.6. The Morgan fingerprint density at radius 1 is 1.19 bits per heavy atom. The molecule has 0 bridgehead atoms. The zero-order chi connectivity index (χ0) is 22.6. The molecule has 1 saturated heterocycles. The fourth-order valence-electron chi connectivity index (χ4n) is 3.15. The highest BCUT2D eigenvalue weighted by Gasteiger charge is 2.33. The molecule has 11 heteroatoms. The maximum Gasteiger partial charge on any atom is 0.417 e. The lowest BCUT2D eigenvalue weighted by Crippen LogP contribution is -2.40. The summed E-state index contributed by atoms with van der Waals surface area (Å²) in [5.74, 6) is -1.88. The fourth-order valence-corrected chi connectivity index (χ4v) is 4.06. The van der Waals surface area contributed by atoms with Crippen molar-refractivity contribution >= 4 is 46.4 Å². The highest BCUT2D eigenvalue weighted by atomic mass is 35.5. The van der Waals surface area contributed by atoms with Crippen molar-refractivity contribution in [2.75, 3.05) is 25.0 Å². The van der Waals surface area contributed by atoms with Gasteiger partial charge in [-0.25, -0.2) is 0 Å². The van der Waals surface area contributed by atoms with Gasteiger partial charge in [0.05, 0.1) is 21.4 Å². The van der Waals surface area contributed by atoms with Crippen molar-refractivity contribution in [3.05, 3.63) is 51.2 Å². The van der Waals surface area contributed by atoms with E-state index in [0.717, 1.165) is 6.07 Å². The minimum absolute atomic E-state index is 0.0811. The zero-order valence-corrected chi connectivity index (χ0v) is 17.6. The maximum atomic E-state index is 12.9. The molecule has 0 aliphatic carbocycles. The van der Waals surface area contributed by atoms with Crippen LogP contribution in [0.4, 0.5) is 18.9 Å². The van der Waals surface area contributed by atoms with Crippen LogP contribution in [0.5, 0.6) is 0 Å². The number of benzene rings is 1. The van der Waals surface area contributed by atoms with Gasteiger partial charge in [-0.2, -0.15) is 13.2 Å². The normalized spacial score (nSPS) is 14.9. The molecule has 31 heavy (non-hydrogen) atoms. The van der Waals surface area contributed by atoms with Crippen LogP contribution < -0.4 is 5.32 Å². The van der Waals surface area contributed by atoms with E-state index in [4.69, 9.17) is 16.3 Å². The van der Waals surface area contributed by atoms with E-state index in [9.17, 15) is 27.6 Å². The molecule has 1 aliphatic rings. The van der Waals surface area contributed by atoms with E-state index < -0.39 is 41.2 Å². The Bertz CT molecular complexity index is 958. The first-order valence-corrected chi connectivity index (χ1v) is 10.6. The molecule has 1 aliphatic heterocycles. The summed E-state index contributed by atoms with van der Waals surface area (Å²) in [6.45, 7) is 0.165. The predicted octanol–water partition coefficient (Wildman–Crippen LogP) is 4.45. The number of esters is 1. The lowest BCUT2D eigenvalue weighted by atomic mass is 9.97. The number of hydrogen-bond donors (Lipinski definition) is 1. The number of carbonyl (C=O) groups excluding carboxylic acids is 3. The number of amides is 2. The zero-order valence-electron chi connectivity index (χ0n) is 16.1. The number of alkyl halides is 3. The number of likely N-dealkylation sites (tertiary alicyclic amines) is 1. The van der Waals surface area contributed by atoms with Crippen molar-refractivity contribution in [2.24, 2.45) is 5.92 Å². The largest absolute Gasteiger partial charge is 0.455 e. The quantitative estimate of drug-likeness (QED) is 0.649. The van der Waals surface area contributed by atoms with Gasteiger partial charge in [-0.05, 0) is 42.5 Å². The monoisotopic (exact) mass is 474 g/mol. The highest BCUT2D eigenvalue weighted by Crippen LogP contribution is 2.36. The van der Waals surface area contributed by atoms with Crippen LogP contribution >= 0.6 is 22.9 Å². The molecule has 0 saturated carbocycles. The first-order valence-electron chi connectivity index (χ1n) is 9.31. The molecule has 1 aromatic carbocycles. The average molecular weight is 475 g/mol. The van der Waals surface area contributed by atoms with E-state index in [2.05, 4.69) is 5.32 Å². The number of nitrogens with zero attached hydrogens (tertiary/aromatic N) is 1. The van der Waals surface area contributed by atoms with Crippen molar-refractivity contribution in [3.8, 4) is 0 Å². The molecule has 2 heterocycles. The van der Waals surface area contributed by atoms with Gasteiger partial charge in [-0.1, -0.05) is 17.7 Å². The Hall–Kier alpha value is -2.59. The van der Waals surface area contributed by atoms with Gasteiger partial charge in [-0.15, -0.1) is 11.3 Å². The van der Waals surface area contributed by atoms with E-state index in [0.29, 0.717) is 36.9 Å².